The summed E-state index contributed by atoms with van der Waals surface area (Å²) in [7, 11) is 0. The number of esters is 1. The lowest BCUT2D eigenvalue weighted by molar-refractivity contribution is -0.145. The topological polar surface area (TPSA) is 81.3 Å². The summed E-state index contributed by atoms with van der Waals surface area (Å²) in [5.74, 6) is -0.0429. The van der Waals surface area contributed by atoms with Gasteiger partial charge in [0, 0.05) is 0 Å². The Morgan fingerprint density at radius 1 is 0.951 bits per heavy atom. The number of hydrogen-bond donors (Lipinski definition) is 0. The van der Waals surface area contributed by atoms with Crippen molar-refractivity contribution in [2.45, 2.75) is 33.5 Å². The van der Waals surface area contributed by atoms with Crippen molar-refractivity contribution < 1.29 is 27.4 Å². The Kier molecular flexibility index (Phi) is 8.62. The van der Waals surface area contributed by atoms with Gasteiger partial charge in [-0.2, -0.15) is 18.4 Å². The summed E-state index contributed by atoms with van der Waals surface area (Å²) in [6.07, 6.45) is -4.89. The number of ether oxygens (including phenoxy) is 2. The normalized spacial score (nSPS) is 11.1. The van der Waals surface area contributed by atoms with E-state index in [0.717, 1.165) is 33.9 Å². The maximum Gasteiger partial charge on any atom is 0.417 e. The molecule has 0 N–H and O–H groups in total. The number of halogens is 3. The molecule has 0 aliphatic carbocycles. The van der Waals surface area contributed by atoms with Gasteiger partial charge in [0.1, 0.15) is 17.4 Å². The smallest absolute Gasteiger partial charge is 0.417 e. The van der Waals surface area contributed by atoms with Crippen LogP contribution in [0.4, 0.5) is 13.2 Å². The first-order valence-electron chi connectivity index (χ1n) is 12.8. The molecule has 4 aromatic rings. The molecule has 9 heteroatoms. The van der Waals surface area contributed by atoms with Crippen LogP contribution in [0.3, 0.4) is 0 Å². The van der Waals surface area contributed by atoms with Gasteiger partial charge in [-0.15, -0.1) is 0 Å². The summed E-state index contributed by atoms with van der Waals surface area (Å²) in [5, 5.41) is 9.49. The second-order valence-electron chi connectivity index (χ2n) is 9.45. The minimum atomic E-state index is -4.89. The summed E-state index contributed by atoms with van der Waals surface area (Å²) in [6.45, 7) is 5.48. The van der Waals surface area contributed by atoms with E-state index in [1.807, 2.05) is 38.1 Å². The van der Waals surface area contributed by atoms with Crippen LogP contribution < -0.4 is 10.3 Å². The number of benzene rings is 3. The van der Waals surface area contributed by atoms with Crippen molar-refractivity contribution in [3.8, 4) is 34.2 Å². The monoisotopic (exact) mass is 560 g/mol. The third-order valence-electron chi connectivity index (χ3n) is 6.55. The number of rotatable bonds is 8. The van der Waals surface area contributed by atoms with Crippen molar-refractivity contribution in [1.82, 2.24) is 4.57 Å². The zero-order chi connectivity index (χ0) is 29.7. The molecule has 0 unspecified atom stereocenters. The fourth-order valence-electron chi connectivity index (χ4n) is 4.51. The first kappa shape index (κ1) is 29.2. The lowest BCUT2D eigenvalue weighted by Gasteiger charge is -2.19. The van der Waals surface area contributed by atoms with E-state index in [1.165, 1.54) is 10.6 Å². The molecule has 0 aliphatic rings. The Labute approximate surface area is 235 Å². The fraction of sp³-hybridized carbons (Fsp3) is 0.219. The second kappa shape index (κ2) is 12.1. The predicted molar refractivity (Wildman–Crippen MR) is 148 cm³/mol. The van der Waals surface area contributed by atoms with Gasteiger partial charge in [-0.1, -0.05) is 60.2 Å². The van der Waals surface area contributed by atoms with Crippen LogP contribution in [-0.4, -0.2) is 23.8 Å². The molecule has 0 aliphatic heterocycles. The van der Waals surface area contributed by atoms with Gasteiger partial charge < -0.3 is 14.0 Å². The largest absolute Gasteiger partial charge is 0.482 e. The summed E-state index contributed by atoms with van der Waals surface area (Å²) in [5.41, 5.74) is 1.32. The van der Waals surface area contributed by atoms with Gasteiger partial charge in [0.05, 0.1) is 24.4 Å². The zero-order valence-corrected chi connectivity index (χ0v) is 22.7. The summed E-state index contributed by atoms with van der Waals surface area (Å²) in [6, 6.07) is 21.6. The van der Waals surface area contributed by atoms with Gasteiger partial charge in [0.2, 0.25) is 0 Å². The minimum Gasteiger partial charge on any atom is -0.482 e. The van der Waals surface area contributed by atoms with E-state index in [9.17, 15) is 28.0 Å². The number of hydrogen-bond acceptors (Lipinski definition) is 5. The summed E-state index contributed by atoms with van der Waals surface area (Å²) >= 11 is 0. The van der Waals surface area contributed by atoms with Crippen LogP contribution in [0.1, 0.15) is 34.7 Å². The maximum atomic E-state index is 13.9. The molecule has 210 valence electrons. The first-order chi connectivity index (χ1) is 19.5. The highest BCUT2D eigenvalue weighted by Gasteiger charge is 2.36. The van der Waals surface area contributed by atoms with Crippen molar-refractivity contribution in [3.05, 3.63) is 111 Å². The van der Waals surface area contributed by atoms with Crippen LogP contribution >= 0.6 is 0 Å². The van der Waals surface area contributed by atoms with Crippen LogP contribution in [0.25, 0.3) is 22.4 Å². The minimum absolute atomic E-state index is 0.00526. The highest BCUT2D eigenvalue weighted by Crippen LogP contribution is 2.34. The molecule has 0 fully saturated rings. The molecule has 0 saturated carbocycles. The highest BCUT2D eigenvalue weighted by molar-refractivity contribution is 5.72. The molecule has 4 rings (SSSR count). The quantitative estimate of drug-likeness (QED) is 0.225. The van der Waals surface area contributed by atoms with Crippen LogP contribution in [0.2, 0.25) is 0 Å². The van der Waals surface area contributed by atoms with E-state index < -0.39 is 28.8 Å². The average molecular weight is 561 g/mol. The van der Waals surface area contributed by atoms with Gasteiger partial charge in [-0.05, 0) is 66.8 Å². The molecule has 0 bridgehead atoms. The molecule has 1 heterocycles. The molecule has 0 radical (unpaired) electrons. The van der Waals surface area contributed by atoms with E-state index >= 15 is 0 Å². The van der Waals surface area contributed by atoms with Crippen LogP contribution in [0.15, 0.2) is 77.6 Å². The van der Waals surface area contributed by atoms with Crippen molar-refractivity contribution >= 4 is 5.97 Å². The van der Waals surface area contributed by atoms with E-state index in [0.29, 0.717) is 11.3 Å². The first-order valence-corrected chi connectivity index (χ1v) is 12.8. The Morgan fingerprint density at radius 2 is 1.66 bits per heavy atom. The van der Waals surface area contributed by atoms with E-state index in [2.05, 4.69) is 0 Å². The van der Waals surface area contributed by atoms with Crippen LogP contribution in [0.5, 0.6) is 5.75 Å². The lowest BCUT2D eigenvalue weighted by atomic mass is 9.99. The maximum absolute atomic E-state index is 13.9. The second-order valence-corrected chi connectivity index (χ2v) is 9.45. The number of aromatic nitrogens is 1. The van der Waals surface area contributed by atoms with Gasteiger partial charge in [0.25, 0.3) is 5.56 Å². The van der Waals surface area contributed by atoms with Crippen molar-refractivity contribution in [2.24, 2.45) is 0 Å². The molecule has 1 aromatic heterocycles. The molecule has 3 aromatic carbocycles. The zero-order valence-electron chi connectivity index (χ0n) is 22.7. The summed E-state index contributed by atoms with van der Waals surface area (Å²) < 4.78 is 53.3. The molecule has 6 nitrogen and oxygen atoms in total. The van der Waals surface area contributed by atoms with E-state index in [1.54, 1.807) is 49.4 Å². The third kappa shape index (κ3) is 6.67. The Hall–Kier alpha value is -4.84. The van der Waals surface area contributed by atoms with Gasteiger partial charge in [-0.25, -0.2) is 4.79 Å². The number of alkyl halides is 3. The van der Waals surface area contributed by atoms with Crippen molar-refractivity contribution in [2.75, 3.05) is 13.2 Å². The number of carbonyl (C=O) groups excluding carboxylic acids is 1. The molecule has 0 saturated heterocycles. The number of nitrogens with zero attached hydrogens (tertiary/aromatic N) is 2. The van der Waals surface area contributed by atoms with Gasteiger partial charge in [0.15, 0.2) is 6.61 Å². The van der Waals surface area contributed by atoms with Crippen LogP contribution in [0, 0.1) is 25.2 Å². The predicted octanol–water partition coefficient (Wildman–Crippen LogP) is 6.68. The molecule has 41 heavy (non-hydrogen) atoms. The van der Waals surface area contributed by atoms with Crippen molar-refractivity contribution in [1.29, 1.82) is 5.26 Å². The van der Waals surface area contributed by atoms with E-state index in [-0.39, 0.29) is 25.5 Å². The Morgan fingerprint density at radius 3 is 2.29 bits per heavy atom. The molecule has 0 atom stereocenters. The standard InChI is InChI=1S/C32H27F3N2O4/c1-4-40-30(38)19-41-26-7-5-6-24(15-26)22-10-12-23(13-11-22)29-16-28(32(33,34)35)27(17-36)31(39)37(29)18-25-9-8-20(2)14-21(25)3/h5-16H,4,18-19H2,1-3H3. The SMILES string of the molecule is CCOC(=O)COc1cccc(-c2ccc(-c3cc(C(F)(F)F)c(C#N)c(=O)n3Cc3ccc(C)cc3C)cc2)c1. The molecule has 0 amide bonds. The number of aryl methyl sites for hydroxylation is 2. The third-order valence-corrected chi connectivity index (χ3v) is 6.55. The highest BCUT2D eigenvalue weighted by atomic mass is 19.4. The number of nitriles is 1. The van der Waals surface area contributed by atoms with Gasteiger partial charge in [-0.3, -0.25) is 4.79 Å². The van der Waals surface area contributed by atoms with Crippen molar-refractivity contribution in [3.63, 3.8) is 0 Å². The Bertz CT molecular complexity index is 1680. The molecule has 0 spiro atoms. The Balaban J connectivity index is 1.76. The summed E-state index contributed by atoms with van der Waals surface area (Å²) in [4.78, 5) is 24.9. The van der Waals surface area contributed by atoms with E-state index in [4.69, 9.17) is 9.47 Å². The fourth-order valence-corrected chi connectivity index (χ4v) is 4.51. The van der Waals surface area contributed by atoms with Gasteiger partial charge >= 0.3 is 12.1 Å². The number of pyridine rings is 1. The lowest BCUT2D eigenvalue weighted by Crippen LogP contribution is -2.29. The molecular formula is C32H27F3N2O4. The average Bonchev–Trinajstić information content (AvgIpc) is 2.94. The number of carbonyl (C=O) groups is 1. The van der Waals surface area contributed by atoms with Crippen LogP contribution in [-0.2, 0) is 22.3 Å². The molecular weight excluding hydrogens is 533 g/mol.